The maximum atomic E-state index is 12.9. The molecule has 1 amide bonds. The number of nitrogens with zero attached hydrogens (tertiary/aromatic N) is 2. The van der Waals surface area contributed by atoms with Gasteiger partial charge in [0.25, 0.3) is 0 Å². The second kappa shape index (κ2) is 7.12. The zero-order chi connectivity index (χ0) is 15.2. The number of aromatic nitrogens is 2. The summed E-state index contributed by atoms with van der Waals surface area (Å²) in [5.41, 5.74) is 6.31. The number of hydrogen-bond acceptors (Lipinski definition) is 4. The summed E-state index contributed by atoms with van der Waals surface area (Å²) in [6.07, 6.45) is 4.73. The van der Waals surface area contributed by atoms with Crippen LogP contribution in [0.25, 0.3) is 0 Å². The number of benzene rings is 1. The molecule has 5 nitrogen and oxygen atoms in total. The van der Waals surface area contributed by atoms with Crippen LogP contribution in [0.1, 0.15) is 12.8 Å². The van der Waals surface area contributed by atoms with Gasteiger partial charge in [0.05, 0.1) is 11.4 Å². The molecule has 0 unspecified atom stereocenters. The third-order valence-corrected chi connectivity index (χ3v) is 3.99. The summed E-state index contributed by atoms with van der Waals surface area (Å²) in [7, 11) is 1.93. The Kier molecular flexibility index (Phi) is 5.21. The van der Waals surface area contributed by atoms with Crippen molar-refractivity contribution in [2.45, 2.75) is 18.0 Å². The van der Waals surface area contributed by atoms with E-state index in [2.05, 4.69) is 10.3 Å². The van der Waals surface area contributed by atoms with Crippen molar-refractivity contribution < 1.29 is 9.18 Å². The number of carbonyl (C=O) groups excluding carboxylic acids is 1. The highest BCUT2D eigenvalue weighted by molar-refractivity contribution is 7.99. The Morgan fingerprint density at radius 1 is 1.52 bits per heavy atom. The standard InChI is InChI=1S/C14H17FN4OS/c1-19-7-6-17-14(19)21-8-2-3-13(20)18-12-5-4-10(15)9-11(12)16/h4-7,9H,2-3,8,16H2,1H3,(H,18,20). The maximum Gasteiger partial charge on any atom is 0.224 e. The first-order chi connectivity index (χ1) is 10.1. The Morgan fingerprint density at radius 3 is 3.00 bits per heavy atom. The molecule has 112 valence electrons. The normalized spacial score (nSPS) is 10.6. The summed E-state index contributed by atoms with van der Waals surface area (Å²) < 4.78 is 14.8. The number of imidazole rings is 1. The van der Waals surface area contributed by atoms with E-state index in [1.807, 2.05) is 17.8 Å². The number of carbonyl (C=O) groups is 1. The average Bonchev–Trinajstić information content (AvgIpc) is 2.84. The fraction of sp³-hybridized carbons (Fsp3) is 0.286. The summed E-state index contributed by atoms with van der Waals surface area (Å²) in [4.78, 5) is 16.0. The zero-order valence-electron chi connectivity index (χ0n) is 11.7. The van der Waals surface area contributed by atoms with Crippen molar-refractivity contribution in [2.24, 2.45) is 7.05 Å². The van der Waals surface area contributed by atoms with Crippen molar-refractivity contribution in [3.63, 3.8) is 0 Å². The first-order valence-corrected chi connectivity index (χ1v) is 7.50. The molecule has 1 aromatic heterocycles. The Labute approximate surface area is 126 Å². The predicted molar refractivity (Wildman–Crippen MR) is 82.6 cm³/mol. The van der Waals surface area contributed by atoms with Gasteiger partial charge < -0.3 is 15.6 Å². The van der Waals surface area contributed by atoms with Crippen LogP contribution in [0.4, 0.5) is 15.8 Å². The molecule has 0 saturated carbocycles. The molecule has 21 heavy (non-hydrogen) atoms. The van der Waals surface area contributed by atoms with Gasteiger partial charge in [0.2, 0.25) is 5.91 Å². The van der Waals surface area contributed by atoms with E-state index in [0.29, 0.717) is 12.1 Å². The fourth-order valence-electron chi connectivity index (χ4n) is 1.75. The Morgan fingerprint density at radius 2 is 2.33 bits per heavy atom. The number of nitrogens with one attached hydrogen (secondary N) is 1. The molecule has 1 heterocycles. The molecule has 0 atom stereocenters. The fourth-order valence-corrected chi connectivity index (χ4v) is 2.62. The van der Waals surface area contributed by atoms with Gasteiger partial charge in [-0.2, -0.15) is 0 Å². The summed E-state index contributed by atoms with van der Waals surface area (Å²) in [5.74, 6) is 0.252. The van der Waals surface area contributed by atoms with Crippen molar-refractivity contribution in [1.82, 2.24) is 9.55 Å². The van der Waals surface area contributed by atoms with Crippen LogP contribution < -0.4 is 11.1 Å². The van der Waals surface area contributed by atoms with Crippen LogP contribution in [0, 0.1) is 5.82 Å². The third-order valence-electron chi connectivity index (χ3n) is 2.84. The lowest BCUT2D eigenvalue weighted by atomic mass is 10.2. The molecular weight excluding hydrogens is 291 g/mol. The van der Waals surface area contributed by atoms with E-state index in [1.165, 1.54) is 18.2 Å². The van der Waals surface area contributed by atoms with Gasteiger partial charge in [-0.1, -0.05) is 11.8 Å². The molecule has 7 heteroatoms. The second-order valence-electron chi connectivity index (χ2n) is 4.55. The molecule has 0 aliphatic heterocycles. The van der Waals surface area contributed by atoms with Gasteiger partial charge in [0.1, 0.15) is 5.82 Å². The molecule has 0 spiro atoms. The Balaban J connectivity index is 1.73. The first-order valence-electron chi connectivity index (χ1n) is 6.51. The van der Waals surface area contributed by atoms with Crippen LogP contribution in [-0.4, -0.2) is 21.2 Å². The topological polar surface area (TPSA) is 72.9 Å². The molecule has 2 aromatic rings. The van der Waals surface area contributed by atoms with E-state index in [4.69, 9.17) is 5.73 Å². The van der Waals surface area contributed by atoms with Crippen LogP contribution in [-0.2, 0) is 11.8 Å². The number of aryl methyl sites for hydroxylation is 1. The third kappa shape index (κ3) is 4.49. The second-order valence-corrected chi connectivity index (χ2v) is 5.61. The molecule has 0 bridgehead atoms. The first kappa shape index (κ1) is 15.4. The largest absolute Gasteiger partial charge is 0.397 e. The van der Waals surface area contributed by atoms with Gasteiger partial charge in [0.15, 0.2) is 5.16 Å². The Hall–Kier alpha value is -2.02. The van der Waals surface area contributed by atoms with Gasteiger partial charge in [-0.3, -0.25) is 4.79 Å². The van der Waals surface area contributed by atoms with E-state index in [-0.39, 0.29) is 11.6 Å². The minimum absolute atomic E-state index is 0.131. The highest BCUT2D eigenvalue weighted by Gasteiger charge is 2.07. The molecule has 0 fully saturated rings. The highest BCUT2D eigenvalue weighted by atomic mass is 32.2. The number of nitrogens with two attached hydrogens (primary N) is 1. The van der Waals surface area contributed by atoms with Gasteiger partial charge >= 0.3 is 0 Å². The maximum absolute atomic E-state index is 12.9. The number of halogens is 1. The Bertz CT molecular complexity index is 629. The van der Waals surface area contributed by atoms with Crippen LogP contribution in [0.3, 0.4) is 0 Å². The van der Waals surface area contributed by atoms with Crippen LogP contribution in [0.2, 0.25) is 0 Å². The van der Waals surface area contributed by atoms with Gasteiger partial charge in [-0.25, -0.2) is 9.37 Å². The number of hydrogen-bond donors (Lipinski definition) is 2. The lowest BCUT2D eigenvalue weighted by Gasteiger charge is -2.08. The van der Waals surface area contributed by atoms with Crippen molar-refractivity contribution >= 4 is 29.0 Å². The minimum atomic E-state index is -0.419. The smallest absolute Gasteiger partial charge is 0.224 e. The molecule has 3 N–H and O–H groups in total. The summed E-state index contributed by atoms with van der Waals surface area (Å²) in [6, 6.07) is 3.92. The average molecular weight is 308 g/mol. The summed E-state index contributed by atoms with van der Waals surface area (Å²) in [5, 5.41) is 3.61. The quantitative estimate of drug-likeness (QED) is 0.489. The molecular formula is C14H17FN4OS. The van der Waals surface area contributed by atoms with E-state index in [9.17, 15) is 9.18 Å². The molecule has 1 aromatic carbocycles. The minimum Gasteiger partial charge on any atom is -0.397 e. The molecule has 0 aliphatic carbocycles. The monoisotopic (exact) mass is 308 g/mol. The van der Waals surface area contributed by atoms with Crippen molar-refractivity contribution in [1.29, 1.82) is 0 Å². The van der Waals surface area contributed by atoms with Crippen molar-refractivity contribution in [2.75, 3.05) is 16.8 Å². The number of rotatable bonds is 6. The van der Waals surface area contributed by atoms with Gasteiger partial charge in [0, 0.05) is 31.6 Å². The van der Waals surface area contributed by atoms with E-state index < -0.39 is 5.82 Å². The molecule has 2 rings (SSSR count). The van der Waals surface area contributed by atoms with Crippen molar-refractivity contribution in [3.05, 3.63) is 36.4 Å². The number of nitrogen functional groups attached to an aromatic ring is 1. The van der Waals surface area contributed by atoms with E-state index in [1.54, 1.807) is 18.0 Å². The van der Waals surface area contributed by atoms with E-state index >= 15 is 0 Å². The number of anilines is 2. The number of thioether (sulfide) groups is 1. The molecule has 0 saturated heterocycles. The molecule has 0 radical (unpaired) electrons. The SMILES string of the molecule is Cn1ccnc1SCCCC(=O)Nc1ccc(F)cc1N. The predicted octanol–water partition coefficient (Wildman–Crippen LogP) is 2.65. The molecule has 0 aliphatic rings. The lowest BCUT2D eigenvalue weighted by Crippen LogP contribution is -2.13. The number of amides is 1. The van der Waals surface area contributed by atoms with E-state index in [0.717, 1.165) is 17.3 Å². The van der Waals surface area contributed by atoms with Crippen LogP contribution in [0.5, 0.6) is 0 Å². The lowest BCUT2D eigenvalue weighted by molar-refractivity contribution is -0.116. The summed E-state index contributed by atoms with van der Waals surface area (Å²) >= 11 is 1.60. The summed E-state index contributed by atoms with van der Waals surface area (Å²) in [6.45, 7) is 0. The van der Waals surface area contributed by atoms with Gasteiger partial charge in [-0.05, 0) is 24.6 Å². The highest BCUT2D eigenvalue weighted by Crippen LogP contribution is 2.20. The zero-order valence-corrected chi connectivity index (χ0v) is 12.5. The van der Waals surface area contributed by atoms with Crippen LogP contribution in [0.15, 0.2) is 35.7 Å². The van der Waals surface area contributed by atoms with Crippen molar-refractivity contribution in [3.8, 4) is 0 Å². The van der Waals surface area contributed by atoms with Gasteiger partial charge in [-0.15, -0.1) is 0 Å². The van der Waals surface area contributed by atoms with Crippen LogP contribution >= 0.6 is 11.8 Å².